The van der Waals surface area contributed by atoms with E-state index in [4.69, 9.17) is 48.0 Å². The normalized spacial score (nSPS) is 20.6. The zero-order valence-corrected chi connectivity index (χ0v) is 48.7. The van der Waals surface area contributed by atoms with Crippen molar-refractivity contribution in [3.63, 3.8) is 0 Å². The molecule has 18 heteroatoms. The number of anilines is 1. The smallest absolute Gasteiger partial charge is 0.333 e. The number of hydrogen-bond donors (Lipinski definition) is 1. The van der Waals surface area contributed by atoms with Gasteiger partial charge in [0.25, 0.3) is 5.56 Å². The molecule has 408 valence electrons. The Bertz CT molecular complexity index is 3080. The summed E-state index contributed by atoms with van der Waals surface area (Å²) in [5.74, 6) is 0.826. The number of nitrogen functional groups attached to an aromatic ring is 1. The molecule has 2 aromatic heterocycles. The minimum atomic E-state index is -2.20. The molecule has 2 fully saturated rings. The van der Waals surface area contributed by atoms with Gasteiger partial charge in [-0.05, 0) is 95.8 Å². The topological polar surface area (TPSA) is 179 Å². The van der Waals surface area contributed by atoms with Crippen LogP contribution in [0.5, 0.6) is 11.5 Å². The zero-order chi connectivity index (χ0) is 55.1. The van der Waals surface area contributed by atoms with E-state index in [0.717, 1.165) is 26.8 Å². The monoisotopic (exact) mass is 1080 g/mol. The number of aryl methyl sites for hydroxylation is 1. The second-order valence-electron chi connectivity index (χ2n) is 23.2. The number of methoxy groups -OCH3 is 2. The van der Waals surface area contributed by atoms with Gasteiger partial charge in [0.15, 0.2) is 16.6 Å². The zero-order valence-electron chi connectivity index (χ0n) is 46.7. The second kappa shape index (κ2) is 21.9. The van der Waals surface area contributed by atoms with Gasteiger partial charge in [0.05, 0.1) is 57.6 Å². The summed E-state index contributed by atoms with van der Waals surface area (Å²) in [6.45, 7) is 25.6. The lowest BCUT2D eigenvalue weighted by molar-refractivity contribution is -0.153. The van der Waals surface area contributed by atoms with E-state index in [0.29, 0.717) is 46.9 Å². The van der Waals surface area contributed by atoms with Crippen molar-refractivity contribution >= 4 is 39.3 Å². The Kier molecular flexibility index (Phi) is 16.2. The molecule has 4 aromatic carbocycles. The van der Waals surface area contributed by atoms with Crippen LogP contribution in [0.15, 0.2) is 113 Å². The van der Waals surface area contributed by atoms with Crippen molar-refractivity contribution in [3.8, 4) is 11.5 Å². The Hall–Kier alpha value is -5.87. The summed E-state index contributed by atoms with van der Waals surface area (Å²) >= 11 is 0. The number of nitrogens with zero attached hydrogens (tertiary/aromatic N) is 4. The summed E-state index contributed by atoms with van der Waals surface area (Å²) in [5, 5.41) is 0.0215. The minimum absolute atomic E-state index is 0.00677. The highest BCUT2D eigenvalue weighted by molar-refractivity contribution is 6.74. The number of carbonyl (C=O) groups is 1. The van der Waals surface area contributed by atoms with Gasteiger partial charge in [-0.15, -0.1) is 0 Å². The lowest BCUT2D eigenvalue weighted by Crippen LogP contribution is -2.48. The van der Waals surface area contributed by atoms with E-state index in [1.165, 1.54) is 17.7 Å². The van der Waals surface area contributed by atoms with Crippen molar-refractivity contribution in [1.82, 2.24) is 18.7 Å². The van der Waals surface area contributed by atoms with Crippen molar-refractivity contribution in [3.05, 3.63) is 152 Å². The van der Waals surface area contributed by atoms with E-state index in [2.05, 4.69) is 67.7 Å². The number of fused-ring (bicyclic) bond motifs is 1. The minimum Gasteiger partial charge on any atom is -0.497 e. The van der Waals surface area contributed by atoms with Crippen LogP contribution in [-0.2, 0) is 44.7 Å². The Morgan fingerprint density at radius 3 is 1.82 bits per heavy atom. The number of ether oxygens (including phenoxy) is 6. The second-order valence-corrected chi connectivity index (χ2v) is 32.8. The molecule has 0 saturated carbocycles. The molecule has 0 spiro atoms. The van der Waals surface area contributed by atoms with Crippen LogP contribution in [0.25, 0.3) is 11.0 Å². The Balaban J connectivity index is 1.08. The van der Waals surface area contributed by atoms with Gasteiger partial charge in [-0.25, -0.2) is 9.78 Å². The van der Waals surface area contributed by atoms with Gasteiger partial charge in [0, 0.05) is 31.5 Å². The number of rotatable bonds is 18. The van der Waals surface area contributed by atoms with Gasteiger partial charge in [-0.1, -0.05) is 102 Å². The van der Waals surface area contributed by atoms with Crippen LogP contribution in [0.3, 0.4) is 0 Å². The number of esters is 1. The average molecular weight is 1080 g/mol. The summed E-state index contributed by atoms with van der Waals surface area (Å²) in [4.78, 5) is 46.2. The molecule has 6 aromatic rings. The SMILES string of the molecule is COc1ccc(C(OC[C@H]2O[C@@H](n3cc(C)c(=O)n(Cc4ccc5c(ncn5[C@H]5C[C@H](O[Si](C)(C)C(C)(C)C)[C@@H](CO[Si](C)(C)C(C)(C)C)O5)c4N)c3=O)C[C@@H]2OC(C)=O)(c2ccccc2)c2ccc(OC)cc2)cc1. The third-order valence-corrected chi connectivity index (χ3v) is 25.2. The largest absolute Gasteiger partial charge is 0.497 e. The molecule has 2 N–H and O–H groups in total. The van der Waals surface area contributed by atoms with E-state index in [1.807, 2.05) is 95.6 Å². The van der Waals surface area contributed by atoms with E-state index < -0.39 is 64.1 Å². The maximum Gasteiger partial charge on any atom is 0.333 e. The van der Waals surface area contributed by atoms with Crippen molar-refractivity contribution in [1.29, 1.82) is 0 Å². The lowest BCUT2D eigenvalue weighted by Gasteiger charge is -2.40. The Morgan fingerprint density at radius 1 is 0.724 bits per heavy atom. The molecule has 2 saturated heterocycles. The summed E-state index contributed by atoms with van der Waals surface area (Å²) in [6.07, 6.45) is 0.432. The highest BCUT2D eigenvalue weighted by Crippen LogP contribution is 2.45. The first-order valence-corrected chi connectivity index (χ1v) is 31.9. The van der Waals surface area contributed by atoms with Crippen LogP contribution < -0.4 is 26.5 Å². The number of aromatic nitrogens is 4. The Labute approximate surface area is 448 Å². The first-order chi connectivity index (χ1) is 35.8. The predicted octanol–water partition coefficient (Wildman–Crippen LogP) is 10.2. The van der Waals surface area contributed by atoms with Crippen molar-refractivity contribution in [2.45, 2.75) is 154 Å². The van der Waals surface area contributed by atoms with Gasteiger partial charge >= 0.3 is 11.7 Å². The highest BCUT2D eigenvalue weighted by atomic mass is 28.4. The van der Waals surface area contributed by atoms with Crippen molar-refractivity contribution < 1.29 is 42.1 Å². The maximum absolute atomic E-state index is 14.7. The van der Waals surface area contributed by atoms with E-state index in [-0.39, 0.29) is 41.9 Å². The molecule has 0 radical (unpaired) electrons. The molecular weight excluding hydrogens is 999 g/mol. The quantitative estimate of drug-likeness (QED) is 0.0372. The van der Waals surface area contributed by atoms with Crippen molar-refractivity contribution in [2.24, 2.45) is 0 Å². The van der Waals surface area contributed by atoms with Gasteiger partial charge < -0.3 is 47.6 Å². The number of imidazole rings is 1. The third kappa shape index (κ3) is 11.3. The molecule has 2 aliphatic heterocycles. The average Bonchev–Trinajstić information content (AvgIpc) is 4.13. The first-order valence-electron chi connectivity index (χ1n) is 26.1. The maximum atomic E-state index is 14.7. The van der Waals surface area contributed by atoms with Crippen LogP contribution in [0.4, 0.5) is 5.69 Å². The molecule has 4 heterocycles. The third-order valence-electron chi connectivity index (χ3n) is 16.2. The van der Waals surface area contributed by atoms with Gasteiger partial charge in [-0.3, -0.25) is 18.7 Å². The fourth-order valence-electron chi connectivity index (χ4n) is 9.65. The predicted molar refractivity (Wildman–Crippen MR) is 299 cm³/mol. The van der Waals surface area contributed by atoms with Gasteiger partial charge in [0.2, 0.25) is 0 Å². The summed E-state index contributed by atoms with van der Waals surface area (Å²) in [7, 11) is -1.08. The van der Waals surface area contributed by atoms with Crippen LogP contribution in [0.1, 0.15) is 102 Å². The molecule has 6 atom stereocenters. The fraction of sp³-hybridized carbons (Fsp3) is 0.483. The van der Waals surface area contributed by atoms with Gasteiger partial charge in [0.1, 0.15) is 53.4 Å². The molecular formula is C58H77N5O11Si2. The molecule has 8 rings (SSSR count). The van der Waals surface area contributed by atoms with Crippen LogP contribution in [0.2, 0.25) is 36.3 Å². The molecule has 16 nitrogen and oxygen atoms in total. The lowest BCUT2D eigenvalue weighted by atomic mass is 9.80. The number of hydrogen-bond acceptors (Lipinski definition) is 13. The summed E-state index contributed by atoms with van der Waals surface area (Å²) in [6, 6.07) is 28.8. The molecule has 0 amide bonds. The van der Waals surface area contributed by atoms with E-state index in [9.17, 15) is 14.4 Å². The van der Waals surface area contributed by atoms with Crippen LogP contribution >= 0.6 is 0 Å². The number of benzene rings is 4. The molecule has 0 unspecified atom stereocenters. The van der Waals surface area contributed by atoms with Gasteiger partial charge in [-0.2, -0.15) is 0 Å². The standard InChI is InChI=1S/C58H77N5O11Si2/c1-37-32-61(50-30-46(71-38(2)64)48(72-50)34-69-58(40-18-16-15-17-19-40,41-21-25-43(67-9)26-22-41)42-23-27-44(68-10)28-24-42)55(66)62(54(37)65)33-39-20-29-45-53(52(39)59)60-36-63(45)51-31-47(74-76(13,14)57(6,7)8)49(73-51)35-70-75(11,12)56(3,4)5/h15-29,32,36,46-51H,30-31,33-35,59H2,1-14H3/t46-,47-,48+,49+,50+,51+/m0/s1. The Morgan fingerprint density at radius 2 is 1.26 bits per heavy atom. The highest BCUT2D eigenvalue weighted by Gasteiger charge is 2.48. The van der Waals surface area contributed by atoms with E-state index >= 15 is 0 Å². The van der Waals surface area contributed by atoms with E-state index in [1.54, 1.807) is 27.5 Å². The number of carbonyl (C=O) groups excluding carboxylic acids is 1. The molecule has 2 aliphatic rings. The molecule has 0 aliphatic carbocycles. The number of nitrogens with two attached hydrogens (primary N) is 1. The molecule has 0 bridgehead atoms. The summed E-state index contributed by atoms with van der Waals surface area (Å²) < 4.78 is 56.0. The fourth-order valence-corrected chi connectivity index (χ4v) is 12.0. The summed E-state index contributed by atoms with van der Waals surface area (Å²) in [5.41, 5.74) is 9.49. The first kappa shape index (κ1) is 56.3. The van der Waals surface area contributed by atoms with Crippen molar-refractivity contribution in [2.75, 3.05) is 33.2 Å². The molecule has 76 heavy (non-hydrogen) atoms. The van der Waals surface area contributed by atoms with Crippen LogP contribution in [0, 0.1) is 6.92 Å². The van der Waals surface area contributed by atoms with Crippen LogP contribution in [-0.4, -0.2) is 93.1 Å².